The third-order valence-electron chi connectivity index (χ3n) is 9.66. The van der Waals surface area contributed by atoms with Gasteiger partial charge in [0, 0.05) is 12.8 Å². The summed E-state index contributed by atoms with van der Waals surface area (Å²) in [6.45, 7) is 2.08. The van der Waals surface area contributed by atoms with E-state index in [0.717, 1.165) is 51.4 Å². The number of unbranched alkanes of at least 4 members (excludes halogenated alkanes) is 26. The molecule has 0 rings (SSSR count). The molecule has 0 aromatic rings. The summed E-state index contributed by atoms with van der Waals surface area (Å²) < 4.78 is 21.8. The zero-order valence-corrected chi connectivity index (χ0v) is 34.0. The Kier molecular flexibility index (Phi) is 34.4. The van der Waals surface area contributed by atoms with Gasteiger partial charge in [-0.25, -0.2) is 9.36 Å². The van der Waals surface area contributed by atoms with Crippen LogP contribution < -0.4 is 0 Å². The zero-order chi connectivity index (χ0) is 38.7. The number of amides is 2. The van der Waals surface area contributed by atoms with Crippen molar-refractivity contribution in [2.45, 2.75) is 219 Å². The van der Waals surface area contributed by atoms with Crippen molar-refractivity contribution in [1.29, 1.82) is 0 Å². The first kappa shape index (κ1) is 50.6. The molecule has 0 aliphatic carbocycles. The highest BCUT2D eigenvalue weighted by atomic mass is 31.2. The minimum Gasteiger partial charge on any atom is -0.480 e. The fourth-order valence-electron chi connectivity index (χ4n) is 6.36. The molecule has 0 saturated carbocycles. The maximum atomic E-state index is 13.3. The number of nitrogens with zero attached hydrogens (tertiary/aromatic N) is 1. The Labute approximate surface area is 316 Å². The van der Waals surface area contributed by atoms with E-state index in [1.54, 1.807) is 0 Å². The molecule has 0 aliphatic heterocycles. The van der Waals surface area contributed by atoms with Gasteiger partial charge < -0.3 is 20.2 Å². The summed E-state index contributed by atoms with van der Waals surface area (Å²) in [5.74, 6) is -2.83. The molecule has 0 aromatic carbocycles. The number of carbonyl (C=O) groups is 3. The quantitative estimate of drug-likeness (QED) is 0.0349. The molecule has 0 bridgehead atoms. The maximum absolute atomic E-state index is 13.3. The fraction of sp³-hybridized carbons (Fsp3) is 0.925. The van der Waals surface area contributed by atoms with Gasteiger partial charge in [-0.2, -0.15) is 0 Å². The van der Waals surface area contributed by atoms with Gasteiger partial charge >= 0.3 is 13.8 Å². The summed E-state index contributed by atoms with van der Waals surface area (Å²) in [5, 5.41) is 28.3. The van der Waals surface area contributed by atoms with Crippen LogP contribution >= 0.6 is 7.82 Å². The van der Waals surface area contributed by atoms with Crippen LogP contribution in [0.15, 0.2) is 0 Å². The average Bonchev–Trinajstić information content (AvgIpc) is 3.12. The molecule has 3 atom stereocenters. The number of aliphatic carboxylic acids is 1. The number of hydrogen-bond acceptors (Lipinski definition) is 8. The summed E-state index contributed by atoms with van der Waals surface area (Å²) in [5.41, 5.74) is 0. The molecule has 0 radical (unpaired) electrons. The number of rotatable bonds is 39. The van der Waals surface area contributed by atoms with Crippen LogP contribution in [-0.2, 0) is 28.0 Å². The normalized spacial score (nSPS) is 13.9. The summed E-state index contributed by atoms with van der Waals surface area (Å²) in [7, 11) is -4.84. The van der Waals surface area contributed by atoms with E-state index in [1.165, 1.54) is 116 Å². The monoisotopic (exact) mass is 764 g/mol. The Morgan fingerprint density at radius 1 is 0.538 bits per heavy atom. The molecule has 2 amide bonds. The van der Waals surface area contributed by atoms with Crippen LogP contribution in [0.2, 0.25) is 0 Å². The molecule has 308 valence electrons. The molecular weight excluding hydrogens is 685 g/mol. The Morgan fingerprint density at radius 2 is 0.827 bits per heavy atom. The topological polar surface area (TPSA) is 171 Å². The summed E-state index contributed by atoms with van der Waals surface area (Å²) in [4.78, 5) is 49.6. The van der Waals surface area contributed by atoms with Crippen molar-refractivity contribution >= 4 is 25.6 Å². The minimum atomic E-state index is -4.84. The first-order chi connectivity index (χ1) is 25.1. The molecule has 0 heterocycles. The van der Waals surface area contributed by atoms with E-state index < -0.39 is 57.6 Å². The van der Waals surface area contributed by atoms with E-state index in [1.807, 2.05) is 0 Å². The van der Waals surface area contributed by atoms with Crippen molar-refractivity contribution < 1.29 is 48.2 Å². The second-order valence-corrected chi connectivity index (χ2v) is 16.1. The number of aliphatic hydroxyl groups excluding tert-OH is 2. The highest BCUT2D eigenvalue weighted by Gasteiger charge is 2.37. The molecule has 52 heavy (non-hydrogen) atoms. The van der Waals surface area contributed by atoms with Gasteiger partial charge in [0.2, 0.25) is 11.8 Å². The lowest BCUT2D eigenvalue weighted by Gasteiger charge is -2.28. The lowest BCUT2D eigenvalue weighted by molar-refractivity contribution is -0.159. The standard InChI is InChI=1S/C40H78NO10P/c1-3-5-7-9-11-13-15-17-19-21-23-25-27-29-31-38(44)41(37(40(46)47)35-51-52(48,49)50-34-36(43)33-42)39(45)32-30-28-26-24-22-20-18-16-14-12-10-8-6-4-2/h36-37,42-43H,3-35H2,1-2H3,(H,46,47)(H,48,49)/t36-,37+/m1/s1. The van der Waals surface area contributed by atoms with Crippen LogP contribution in [-0.4, -0.2) is 74.9 Å². The second kappa shape index (κ2) is 35.3. The summed E-state index contributed by atoms with van der Waals surface area (Å²) in [6.07, 6.45) is 30.7. The molecule has 0 aliphatic rings. The van der Waals surface area contributed by atoms with E-state index in [4.69, 9.17) is 9.63 Å². The summed E-state index contributed by atoms with van der Waals surface area (Å²) in [6, 6.07) is -1.81. The molecule has 11 nitrogen and oxygen atoms in total. The Bertz CT molecular complexity index is 877. The van der Waals surface area contributed by atoms with Crippen LogP contribution in [0, 0.1) is 0 Å². The summed E-state index contributed by atoms with van der Waals surface area (Å²) >= 11 is 0. The first-order valence-corrected chi connectivity index (χ1v) is 22.6. The SMILES string of the molecule is CCCCCCCCCCCCCCCCC(=O)N(C(=O)CCCCCCCCCCCCCCCC)[C@@H](COP(=O)(O)OC[C@H](O)CO)C(=O)O. The molecule has 0 saturated heterocycles. The Morgan fingerprint density at radius 3 is 1.12 bits per heavy atom. The van der Waals surface area contributed by atoms with Gasteiger partial charge in [-0.3, -0.25) is 23.5 Å². The van der Waals surface area contributed by atoms with E-state index in [-0.39, 0.29) is 12.8 Å². The largest absolute Gasteiger partial charge is 0.480 e. The van der Waals surface area contributed by atoms with Crippen molar-refractivity contribution in [3.63, 3.8) is 0 Å². The van der Waals surface area contributed by atoms with Crippen molar-refractivity contribution in [2.24, 2.45) is 0 Å². The molecule has 0 fully saturated rings. The van der Waals surface area contributed by atoms with Gasteiger partial charge in [0.15, 0.2) is 6.04 Å². The Hall–Kier alpha value is -1.36. The third kappa shape index (κ3) is 30.0. The molecule has 1 unspecified atom stereocenters. The van der Waals surface area contributed by atoms with Gasteiger partial charge in [0.1, 0.15) is 6.10 Å². The number of phosphoric acid groups is 1. The van der Waals surface area contributed by atoms with Crippen molar-refractivity contribution in [1.82, 2.24) is 4.90 Å². The predicted octanol–water partition coefficient (Wildman–Crippen LogP) is 10.0. The van der Waals surface area contributed by atoms with Crippen molar-refractivity contribution in [3.8, 4) is 0 Å². The number of phosphoric ester groups is 1. The van der Waals surface area contributed by atoms with E-state index >= 15 is 0 Å². The van der Waals surface area contributed by atoms with Crippen molar-refractivity contribution in [3.05, 3.63) is 0 Å². The van der Waals surface area contributed by atoms with Gasteiger partial charge in [-0.15, -0.1) is 0 Å². The van der Waals surface area contributed by atoms with Gasteiger partial charge in [-0.05, 0) is 12.8 Å². The van der Waals surface area contributed by atoms with Crippen LogP contribution in [0.4, 0.5) is 0 Å². The number of imide groups is 1. The van der Waals surface area contributed by atoms with Crippen LogP contribution in [0.25, 0.3) is 0 Å². The third-order valence-corrected chi connectivity index (χ3v) is 10.6. The van der Waals surface area contributed by atoms with Crippen molar-refractivity contribution in [2.75, 3.05) is 19.8 Å². The van der Waals surface area contributed by atoms with Gasteiger partial charge in [-0.1, -0.05) is 181 Å². The van der Waals surface area contributed by atoms with Gasteiger partial charge in [0.05, 0.1) is 19.8 Å². The predicted molar refractivity (Wildman–Crippen MR) is 208 cm³/mol. The smallest absolute Gasteiger partial charge is 0.472 e. The Balaban J connectivity index is 4.79. The highest BCUT2D eigenvalue weighted by molar-refractivity contribution is 7.47. The van der Waals surface area contributed by atoms with E-state index in [2.05, 4.69) is 18.4 Å². The fourth-order valence-corrected chi connectivity index (χ4v) is 7.12. The van der Waals surface area contributed by atoms with E-state index in [9.17, 15) is 34.1 Å². The average molecular weight is 764 g/mol. The lowest BCUT2D eigenvalue weighted by Crippen LogP contribution is -2.50. The zero-order valence-electron chi connectivity index (χ0n) is 33.1. The van der Waals surface area contributed by atoms with E-state index in [0.29, 0.717) is 17.7 Å². The first-order valence-electron chi connectivity index (χ1n) is 21.1. The highest BCUT2D eigenvalue weighted by Crippen LogP contribution is 2.43. The van der Waals surface area contributed by atoms with Crippen LogP contribution in [0.5, 0.6) is 0 Å². The molecule has 12 heteroatoms. The second-order valence-electron chi connectivity index (χ2n) is 14.6. The minimum absolute atomic E-state index is 0.0116. The number of hydrogen-bond donors (Lipinski definition) is 4. The maximum Gasteiger partial charge on any atom is 0.472 e. The molecule has 0 aromatic heterocycles. The number of carbonyl (C=O) groups excluding carboxylic acids is 2. The van der Waals surface area contributed by atoms with Crippen LogP contribution in [0.3, 0.4) is 0 Å². The molecule has 0 spiro atoms. The number of carboxylic acids is 1. The van der Waals surface area contributed by atoms with Gasteiger partial charge in [0.25, 0.3) is 0 Å². The number of carboxylic acid groups (broad SMARTS) is 1. The molecule has 4 N–H and O–H groups in total. The number of aliphatic hydroxyl groups is 2. The molecular formula is C40H78NO10P. The lowest BCUT2D eigenvalue weighted by atomic mass is 10.0. The van der Waals surface area contributed by atoms with Crippen LogP contribution in [0.1, 0.15) is 206 Å².